The average Bonchev–Trinajstić information content (AvgIpc) is 2.74. The second-order valence-electron chi connectivity index (χ2n) is 3.97. The van der Waals surface area contributed by atoms with Crippen LogP contribution >= 0.6 is 0 Å². The quantitative estimate of drug-likeness (QED) is 0.665. The van der Waals surface area contributed by atoms with E-state index in [9.17, 15) is 4.79 Å². The van der Waals surface area contributed by atoms with Gasteiger partial charge in [-0.15, -0.1) is 0 Å². The van der Waals surface area contributed by atoms with Crippen LogP contribution in [0.4, 0.5) is 0 Å². The number of carbonyl (C=O) groups is 1. The third kappa shape index (κ3) is 5.56. The largest absolute Gasteiger partial charge is 0.481 e. The van der Waals surface area contributed by atoms with Gasteiger partial charge >= 0.3 is 5.97 Å². The number of aliphatic carboxylic acids is 1. The van der Waals surface area contributed by atoms with E-state index in [-0.39, 0.29) is 6.42 Å². The van der Waals surface area contributed by atoms with Gasteiger partial charge in [-0.05, 0) is 38.4 Å². The van der Waals surface area contributed by atoms with Crippen LogP contribution in [0.1, 0.15) is 31.9 Å². The van der Waals surface area contributed by atoms with E-state index in [4.69, 9.17) is 9.52 Å². The van der Waals surface area contributed by atoms with Crippen LogP contribution in [-0.2, 0) is 11.2 Å². The van der Waals surface area contributed by atoms with Gasteiger partial charge in [-0.3, -0.25) is 4.79 Å². The molecule has 0 spiro atoms. The average molecular weight is 225 g/mol. The number of hydrogen-bond donors (Lipinski definition) is 2. The fourth-order valence-corrected chi connectivity index (χ4v) is 1.50. The zero-order valence-corrected chi connectivity index (χ0v) is 9.61. The number of rotatable bonds is 8. The Hall–Kier alpha value is -1.29. The molecule has 0 aliphatic rings. The summed E-state index contributed by atoms with van der Waals surface area (Å²) in [6, 6.07) is 4.25. The van der Waals surface area contributed by atoms with Gasteiger partial charge in [0.25, 0.3) is 0 Å². The molecule has 0 saturated heterocycles. The first-order chi connectivity index (χ1) is 7.68. The van der Waals surface area contributed by atoms with Gasteiger partial charge in [0.1, 0.15) is 5.76 Å². The molecule has 1 rings (SSSR count). The molecular formula is C12H19NO3. The number of carboxylic acid groups (broad SMARTS) is 1. The number of furan rings is 1. The van der Waals surface area contributed by atoms with E-state index >= 15 is 0 Å². The van der Waals surface area contributed by atoms with Gasteiger partial charge < -0.3 is 14.8 Å². The third-order valence-electron chi connectivity index (χ3n) is 2.46. The highest BCUT2D eigenvalue weighted by molar-refractivity contribution is 5.66. The molecule has 1 aromatic rings. The monoisotopic (exact) mass is 225 g/mol. The minimum absolute atomic E-state index is 0.234. The van der Waals surface area contributed by atoms with Crippen LogP contribution < -0.4 is 5.32 Å². The topological polar surface area (TPSA) is 62.5 Å². The molecule has 0 aliphatic carbocycles. The highest BCUT2D eigenvalue weighted by Gasteiger charge is 2.03. The van der Waals surface area contributed by atoms with Crippen LogP contribution in [0, 0.1) is 0 Å². The predicted molar refractivity (Wildman–Crippen MR) is 61.4 cm³/mol. The Labute approximate surface area is 95.7 Å². The number of hydrogen-bond acceptors (Lipinski definition) is 3. The Morgan fingerprint density at radius 3 is 3.06 bits per heavy atom. The fourth-order valence-electron chi connectivity index (χ4n) is 1.50. The minimum atomic E-state index is -0.731. The molecule has 1 atom stereocenters. The van der Waals surface area contributed by atoms with Crippen molar-refractivity contribution in [3.05, 3.63) is 24.2 Å². The van der Waals surface area contributed by atoms with Crippen molar-refractivity contribution >= 4 is 5.97 Å². The molecule has 1 aromatic heterocycles. The predicted octanol–water partition coefficient (Wildman–Crippen LogP) is 2.06. The van der Waals surface area contributed by atoms with E-state index in [1.165, 1.54) is 0 Å². The lowest BCUT2D eigenvalue weighted by Crippen LogP contribution is -2.27. The van der Waals surface area contributed by atoms with Gasteiger partial charge in [-0.2, -0.15) is 0 Å². The van der Waals surface area contributed by atoms with Crippen molar-refractivity contribution in [1.82, 2.24) is 5.32 Å². The SMILES string of the molecule is CC(CCc1ccco1)NCCCC(=O)O. The third-order valence-corrected chi connectivity index (χ3v) is 2.46. The number of carboxylic acids is 1. The Kier molecular flexibility index (Phi) is 5.64. The van der Waals surface area contributed by atoms with Crippen LogP contribution in [0.15, 0.2) is 22.8 Å². The lowest BCUT2D eigenvalue weighted by atomic mass is 10.1. The molecule has 2 N–H and O–H groups in total. The van der Waals surface area contributed by atoms with Crippen molar-refractivity contribution < 1.29 is 14.3 Å². The van der Waals surface area contributed by atoms with Crippen LogP contribution in [0.2, 0.25) is 0 Å². The highest BCUT2D eigenvalue weighted by atomic mass is 16.4. The Balaban J connectivity index is 2.02. The number of aryl methyl sites for hydroxylation is 1. The Morgan fingerprint density at radius 1 is 1.62 bits per heavy atom. The van der Waals surface area contributed by atoms with Gasteiger partial charge in [0.2, 0.25) is 0 Å². The molecule has 4 heteroatoms. The molecule has 90 valence electrons. The summed E-state index contributed by atoms with van der Waals surface area (Å²) < 4.78 is 5.24. The van der Waals surface area contributed by atoms with E-state index in [0.29, 0.717) is 12.5 Å². The molecule has 0 saturated carbocycles. The maximum absolute atomic E-state index is 10.3. The van der Waals surface area contributed by atoms with Gasteiger partial charge in [-0.1, -0.05) is 0 Å². The molecule has 4 nitrogen and oxygen atoms in total. The molecular weight excluding hydrogens is 206 g/mol. The van der Waals surface area contributed by atoms with Crippen molar-refractivity contribution in [3.8, 4) is 0 Å². The van der Waals surface area contributed by atoms with Crippen molar-refractivity contribution in [2.75, 3.05) is 6.54 Å². The van der Waals surface area contributed by atoms with E-state index < -0.39 is 5.97 Å². The van der Waals surface area contributed by atoms with Crippen molar-refractivity contribution in [2.24, 2.45) is 0 Å². The van der Waals surface area contributed by atoms with Crippen LogP contribution in [0.25, 0.3) is 0 Å². The normalized spacial score (nSPS) is 12.6. The van der Waals surface area contributed by atoms with Crippen LogP contribution in [0.3, 0.4) is 0 Å². The first-order valence-electron chi connectivity index (χ1n) is 5.66. The summed E-state index contributed by atoms with van der Waals surface area (Å²) >= 11 is 0. The Morgan fingerprint density at radius 2 is 2.44 bits per heavy atom. The Bertz CT molecular complexity index is 295. The second-order valence-corrected chi connectivity index (χ2v) is 3.97. The maximum atomic E-state index is 10.3. The summed E-state index contributed by atoms with van der Waals surface area (Å²) in [4.78, 5) is 10.3. The molecule has 0 bridgehead atoms. The van der Waals surface area contributed by atoms with E-state index in [1.807, 2.05) is 12.1 Å². The van der Waals surface area contributed by atoms with Crippen molar-refractivity contribution in [3.63, 3.8) is 0 Å². The summed E-state index contributed by atoms with van der Waals surface area (Å²) in [7, 11) is 0. The first-order valence-corrected chi connectivity index (χ1v) is 5.66. The minimum Gasteiger partial charge on any atom is -0.481 e. The molecule has 1 heterocycles. The number of nitrogens with one attached hydrogen (secondary N) is 1. The highest BCUT2D eigenvalue weighted by Crippen LogP contribution is 2.05. The van der Waals surface area contributed by atoms with E-state index in [0.717, 1.165) is 25.1 Å². The van der Waals surface area contributed by atoms with Gasteiger partial charge in [0, 0.05) is 18.9 Å². The summed E-state index contributed by atoms with van der Waals surface area (Å²) in [6.45, 7) is 2.86. The standard InChI is InChI=1S/C12H19NO3/c1-10(13-8-2-5-12(14)15)6-7-11-4-3-9-16-11/h3-4,9-10,13H,2,5-8H2,1H3,(H,14,15). The smallest absolute Gasteiger partial charge is 0.303 e. The van der Waals surface area contributed by atoms with Gasteiger partial charge in [-0.25, -0.2) is 0 Å². The summed E-state index contributed by atoms with van der Waals surface area (Å²) in [5, 5.41) is 11.8. The molecule has 0 aliphatic heterocycles. The van der Waals surface area contributed by atoms with Gasteiger partial charge in [0.05, 0.1) is 6.26 Å². The molecule has 0 aromatic carbocycles. The second kappa shape index (κ2) is 7.06. The molecule has 1 unspecified atom stereocenters. The molecule has 0 radical (unpaired) electrons. The molecule has 16 heavy (non-hydrogen) atoms. The van der Waals surface area contributed by atoms with Gasteiger partial charge in [0.15, 0.2) is 0 Å². The summed E-state index contributed by atoms with van der Waals surface area (Å²) in [5.41, 5.74) is 0. The molecule has 0 fully saturated rings. The fraction of sp³-hybridized carbons (Fsp3) is 0.583. The lowest BCUT2D eigenvalue weighted by Gasteiger charge is -2.12. The van der Waals surface area contributed by atoms with E-state index in [2.05, 4.69) is 12.2 Å². The maximum Gasteiger partial charge on any atom is 0.303 e. The van der Waals surface area contributed by atoms with Crippen molar-refractivity contribution in [1.29, 1.82) is 0 Å². The van der Waals surface area contributed by atoms with E-state index in [1.54, 1.807) is 6.26 Å². The summed E-state index contributed by atoms with van der Waals surface area (Å²) in [6.07, 6.45) is 4.51. The zero-order chi connectivity index (χ0) is 11.8. The molecule has 0 amide bonds. The zero-order valence-electron chi connectivity index (χ0n) is 9.61. The van der Waals surface area contributed by atoms with Crippen LogP contribution in [0.5, 0.6) is 0 Å². The van der Waals surface area contributed by atoms with Crippen molar-refractivity contribution in [2.45, 2.75) is 38.6 Å². The first kappa shape index (κ1) is 12.8. The summed E-state index contributed by atoms with van der Waals surface area (Å²) in [5.74, 6) is 0.268. The van der Waals surface area contributed by atoms with Crippen LogP contribution in [-0.4, -0.2) is 23.7 Å². The lowest BCUT2D eigenvalue weighted by molar-refractivity contribution is -0.137.